The summed E-state index contributed by atoms with van der Waals surface area (Å²) >= 11 is 1.46. The molecule has 4 nitrogen and oxygen atoms in total. The molecular formula is C16H19N3OS. The number of carbonyl (C=O) groups excluding carboxylic acids is 1. The van der Waals surface area contributed by atoms with Gasteiger partial charge in [-0.3, -0.25) is 4.79 Å². The van der Waals surface area contributed by atoms with E-state index in [1.165, 1.54) is 11.8 Å². The van der Waals surface area contributed by atoms with Gasteiger partial charge in [0.05, 0.1) is 10.8 Å². The summed E-state index contributed by atoms with van der Waals surface area (Å²) in [6, 6.07) is 11.3. The van der Waals surface area contributed by atoms with Crippen LogP contribution in [-0.2, 0) is 4.79 Å². The molecule has 0 aliphatic heterocycles. The number of aromatic nitrogens is 1. The number of nitrogens with two attached hydrogens (primary N) is 1. The quantitative estimate of drug-likeness (QED) is 0.696. The standard InChI is InChI=1S/C16H19N3OS/c1-11-8-12(2)18-15(9-11)21-10-16(20)19(3)14-6-4-13(17)5-7-14/h4-9H,10,17H2,1-3H3. The summed E-state index contributed by atoms with van der Waals surface area (Å²) in [5.41, 5.74) is 9.30. The van der Waals surface area contributed by atoms with Gasteiger partial charge in [-0.2, -0.15) is 0 Å². The predicted molar refractivity (Wildman–Crippen MR) is 88.7 cm³/mol. The van der Waals surface area contributed by atoms with Crippen LogP contribution >= 0.6 is 11.8 Å². The number of nitrogen functional groups attached to an aromatic ring is 1. The van der Waals surface area contributed by atoms with Crippen LogP contribution in [0, 0.1) is 13.8 Å². The maximum Gasteiger partial charge on any atom is 0.237 e. The highest BCUT2D eigenvalue weighted by Crippen LogP contribution is 2.20. The summed E-state index contributed by atoms with van der Waals surface area (Å²) in [4.78, 5) is 18.3. The molecule has 2 rings (SSSR count). The molecule has 0 saturated carbocycles. The van der Waals surface area contributed by atoms with Crippen LogP contribution in [-0.4, -0.2) is 23.7 Å². The lowest BCUT2D eigenvalue weighted by molar-refractivity contribution is -0.115. The molecule has 1 aromatic carbocycles. The Morgan fingerprint density at radius 3 is 2.52 bits per heavy atom. The van der Waals surface area contributed by atoms with E-state index in [1.807, 2.05) is 38.1 Å². The molecule has 1 aromatic heterocycles. The lowest BCUT2D eigenvalue weighted by Crippen LogP contribution is -2.27. The van der Waals surface area contributed by atoms with Crippen molar-refractivity contribution in [3.63, 3.8) is 0 Å². The van der Waals surface area contributed by atoms with Crippen LogP contribution in [0.4, 0.5) is 11.4 Å². The van der Waals surface area contributed by atoms with Crippen LogP contribution in [0.3, 0.4) is 0 Å². The predicted octanol–water partition coefficient (Wildman–Crippen LogP) is 3.04. The highest BCUT2D eigenvalue weighted by atomic mass is 32.2. The van der Waals surface area contributed by atoms with E-state index in [2.05, 4.69) is 4.98 Å². The van der Waals surface area contributed by atoms with E-state index in [4.69, 9.17) is 5.73 Å². The van der Waals surface area contributed by atoms with Gasteiger partial charge in [0.2, 0.25) is 5.91 Å². The van der Waals surface area contributed by atoms with Crippen molar-refractivity contribution >= 4 is 29.0 Å². The third-order valence-corrected chi connectivity index (χ3v) is 3.97. The van der Waals surface area contributed by atoms with Gasteiger partial charge in [-0.15, -0.1) is 0 Å². The normalized spacial score (nSPS) is 10.4. The molecule has 1 amide bonds. The van der Waals surface area contributed by atoms with Crippen LogP contribution in [0.25, 0.3) is 0 Å². The van der Waals surface area contributed by atoms with Gasteiger partial charge in [0.1, 0.15) is 0 Å². The van der Waals surface area contributed by atoms with Gasteiger partial charge < -0.3 is 10.6 Å². The van der Waals surface area contributed by atoms with Gasteiger partial charge in [0, 0.05) is 24.1 Å². The molecule has 0 fully saturated rings. The molecule has 0 aliphatic rings. The third-order valence-electron chi connectivity index (χ3n) is 3.07. The Kier molecular flexibility index (Phi) is 4.85. The van der Waals surface area contributed by atoms with Gasteiger partial charge in [-0.25, -0.2) is 4.98 Å². The van der Waals surface area contributed by atoms with E-state index in [1.54, 1.807) is 24.1 Å². The molecule has 0 unspecified atom stereocenters. The topological polar surface area (TPSA) is 59.2 Å². The fraction of sp³-hybridized carbons (Fsp3) is 0.250. The van der Waals surface area contributed by atoms with Crippen LogP contribution in [0.1, 0.15) is 11.3 Å². The molecular weight excluding hydrogens is 282 g/mol. The van der Waals surface area contributed by atoms with Crippen molar-refractivity contribution < 1.29 is 4.79 Å². The first-order valence-electron chi connectivity index (χ1n) is 6.66. The second-order valence-electron chi connectivity index (χ2n) is 4.96. The smallest absolute Gasteiger partial charge is 0.237 e. The highest BCUT2D eigenvalue weighted by Gasteiger charge is 2.12. The molecule has 5 heteroatoms. The Hall–Kier alpha value is -2.01. The molecule has 1 heterocycles. The molecule has 2 aromatic rings. The monoisotopic (exact) mass is 301 g/mol. The van der Waals surface area contributed by atoms with E-state index < -0.39 is 0 Å². The zero-order valence-electron chi connectivity index (χ0n) is 12.5. The van der Waals surface area contributed by atoms with Crippen LogP contribution in [0.5, 0.6) is 0 Å². The van der Waals surface area contributed by atoms with Gasteiger partial charge in [-0.1, -0.05) is 11.8 Å². The molecule has 0 spiro atoms. The SMILES string of the molecule is Cc1cc(C)nc(SCC(=O)N(C)c2ccc(N)cc2)c1. The molecule has 0 aliphatic carbocycles. The maximum atomic E-state index is 12.2. The number of aryl methyl sites for hydroxylation is 2. The molecule has 0 bridgehead atoms. The second kappa shape index (κ2) is 6.63. The van der Waals surface area contributed by atoms with Crippen molar-refractivity contribution in [2.75, 3.05) is 23.4 Å². The zero-order chi connectivity index (χ0) is 15.4. The minimum atomic E-state index is 0.0331. The van der Waals surface area contributed by atoms with Crippen molar-refractivity contribution in [3.8, 4) is 0 Å². The van der Waals surface area contributed by atoms with Gasteiger partial charge >= 0.3 is 0 Å². The van der Waals surface area contributed by atoms with Gasteiger partial charge in [0.25, 0.3) is 0 Å². The van der Waals surface area contributed by atoms with E-state index in [9.17, 15) is 4.79 Å². The number of benzene rings is 1. The van der Waals surface area contributed by atoms with Crippen molar-refractivity contribution in [2.45, 2.75) is 18.9 Å². The first-order valence-corrected chi connectivity index (χ1v) is 7.64. The summed E-state index contributed by atoms with van der Waals surface area (Å²) < 4.78 is 0. The van der Waals surface area contributed by atoms with Crippen LogP contribution in [0.15, 0.2) is 41.4 Å². The number of anilines is 2. The fourth-order valence-corrected chi connectivity index (χ4v) is 2.90. The molecule has 2 N–H and O–H groups in total. The van der Waals surface area contributed by atoms with Gasteiger partial charge in [-0.05, 0) is 55.8 Å². The zero-order valence-corrected chi connectivity index (χ0v) is 13.3. The first kappa shape index (κ1) is 15.4. The maximum absolute atomic E-state index is 12.2. The fourth-order valence-electron chi connectivity index (χ4n) is 1.95. The number of amides is 1. The number of thioether (sulfide) groups is 1. The summed E-state index contributed by atoms with van der Waals surface area (Å²) in [5, 5.41) is 0.881. The summed E-state index contributed by atoms with van der Waals surface area (Å²) in [5.74, 6) is 0.391. The Morgan fingerprint density at radius 2 is 1.90 bits per heavy atom. The number of pyridine rings is 1. The van der Waals surface area contributed by atoms with Crippen molar-refractivity contribution in [2.24, 2.45) is 0 Å². The highest BCUT2D eigenvalue weighted by molar-refractivity contribution is 7.99. The van der Waals surface area contributed by atoms with E-state index in [0.29, 0.717) is 11.4 Å². The van der Waals surface area contributed by atoms with E-state index in [-0.39, 0.29) is 5.91 Å². The van der Waals surface area contributed by atoms with Gasteiger partial charge in [0.15, 0.2) is 0 Å². The number of rotatable bonds is 4. The van der Waals surface area contributed by atoms with Crippen molar-refractivity contribution in [3.05, 3.63) is 47.7 Å². The molecule has 21 heavy (non-hydrogen) atoms. The number of carbonyl (C=O) groups is 1. The summed E-state index contributed by atoms with van der Waals surface area (Å²) in [6.45, 7) is 3.99. The minimum Gasteiger partial charge on any atom is -0.399 e. The average molecular weight is 301 g/mol. The first-order chi connectivity index (χ1) is 9.95. The number of hydrogen-bond acceptors (Lipinski definition) is 4. The molecule has 0 atom stereocenters. The van der Waals surface area contributed by atoms with E-state index >= 15 is 0 Å². The lowest BCUT2D eigenvalue weighted by atomic mass is 10.2. The van der Waals surface area contributed by atoms with E-state index in [0.717, 1.165) is 22.0 Å². The summed E-state index contributed by atoms with van der Waals surface area (Å²) in [7, 11) is 1.77. The number of nitrogens with zero attached hydrogens (tertiary/aromatic N) is 2. The Balaban J connectivity index is 1.99. The lowest BCUT2D eigenvalue weighted by Gasteiger charge is -2.17. The van der Waals surface area contributed by atoms with Crippen LogP contribution < -0.4 is 10.6 Å². The Morgan fingerprint density at radius 1 is 1.24 bits per heavy atom. The van der Waals surface area contributed by atoms with Crippen molar-refractivity contribution in [1.82, 2.24) is 4.98 Å². The number of hydrogen-bond donors (Lipinski definition) is 1. The minimum absolute atomic E-state index is 0.0331. The molecule has 0 radical (unpaired) electrons. The Labute approximate surface area is 129 Å². The third kappa shape index (κ3) is 4.23. The molecule has 0 saturated heterocycles. The van der Waals surface area contributed by atoms with Crippen molar-refractivity contribution in [1.29, 1.82) is 0 Å². The largest absolute Gasteiger partial charge is 0.399 e. The molecule has 110 valence electrons. The van der Waals surface area contributed by atoms with Crippen LogP contribution in [0.2, 0.25) is 0 Å². The average Bonchev–Trinajstić information content (AvgIpc) is 2.44. The Bertz CT molecular complexity index is 620. The second-order valence-corrected chi connectivity index (χ2v) is 5.95. The summed E-state index contributed by atoms with van der Waals surface area (Å²) in [6.07, 6.45) is 0.